The molecule has 1 aromatic rings. The summed E-state index contributed by atoms with van der Waals surface area (Å²) in [4.78, 5) is 32.4. The number of nitrogens with one attached hydrogen (secondary N) is 1. The SMILES string of the molecule is CCC1C(=O)NC(=O)CN1c1ncnc(N)c1Cl. The number of nitrogens with zero attached hydrogens (tertiary/aromatic N) is 3. The molecule has 0 saturated carbocycles. The molecule has 0 radical (unpaired) electrons. The van der Waals surface area contributed by atoms with Gasteiger partial charge in [0.15, 0.2) is 5.82 Å². The zero-order valence-electron chi connectivity index (χ0n) is 9.68. The molecule has 2 heterocycles. The Morgan fingerprint density at radius 1 is 1.56 bits per heavy atom. The first-order valence-corrected chi connectivity index (χ1v) is 5.78. The maximum atomic E-state index is 11.7. The van der Waals surface area contributed by atoms with Crippen LogP contribution in [0.2, 0.25) is 5.02 Å². The molecule has 0 bridgehead atoms. The van der Waals surface area contributed by atoms with Crippen molar-refractivity contribution in [2.75, 3.05) is 17.2 Å². The number of aromatic nitrogens is 2. The van der Waals surface area contributed by atoms with Crippen LogP contribution in [0.1, 0.15) is 13.3 Å². The van der Waals surface area contributed by atoms with Crippen LogP contribution in [0.5, 0.6) is 0 Å². The van der Waals surface area contributed by atoms with Crippen molar-refractivity contribution in [1.29, 1.82) is 0 Å². The van der Waals surface area contributed by atoms with E-state index in [-0.39, 0.29) is 23.3 Å². The molecule has 0 aliphatic carbocycles. The van der Waals surface area contributed by atoms with Crippen molar-refractivity contribution in [3.8, 4) is 0 Å². The quantitative estimate of drug-likeness (QED) is 0.730. The number of imide groups is 1. The molecule has 1 saturated heterocycles. The van der Waals surface area contributed by atoms with Gasteiger partial charge in [-0.1, -0.05) is 18.5 Å². The molecular formula is C10H12ClN5O2. The monoisotopic (exact) mass is 269 g/mol. The lowest BCUT2D eigenvalue weighted by molar-refractivity contribution is -0.132. The van der Waals surface area contributed by atoms with Crippen LogP contribution in [0.4, 0.5) is 11.6 Å². The molecule has 3 N–H and O–H groups in total. The van der Waals surface area contributed by atoms with E-state index in [1.807, 2.05) is 6.92 Å². The minimum Gasteiger partial charge on any atom is -0.382 e. The van der Waals surface area contributed by atoms with Crippen molar-refractivity contribution < 1.29 is 9.59 Å². The van der Waals surface area contributed by atoms with Crippen molar-refractivity contribution >= 4 is 35.1 Å². The molecule has 0 spiro atoms. The molecule has 0 aromatic carbocycles. The summed E-state index contributed by atoms with van der Waals surface area (Å²) in [6, 6.07) is -0.491. The first-order chi connectivity index (χ1) is 8.54. The second kappa shape index (κ2) is 4.77. The van der Waals surface area contributed by atoms with Gasteiger partial charge in [-0.3, -0.25) is 14.9 Å². The molecule has 96 valence electrons. The normalized spacial score (nSPS) is 19.9. The van der Waals surface area contributed by atoms with Crippen molar-refractivity contribution in [3.63, 3.8) is 0 Å². The van der Waals surface area contributed by atoms with E-state index < -0.39 is 11.9 Å². The van der Waals surface area contributed by atoms with Crippen LogP contribution in [-0.2, 0) is 9.59 Å². The summed E-state index contributed by atoms with van der Waals surface area (Å²) in [6.45, 7) is 1.85. The number of piperazine rings is 1. The summed E-state index contributed by atoms with van der Waals surface area (Å²) in [5.41, 5.74) is 5.59. The van der Waals surface area contributed by atoms with Crippen LogP contribution in [0.25, 0.3) is 0 Å². The van der Waals surface area contributed by atoms with Gasteiger partial charge in [0.1, 0.15) is 23.2 Å². The third kappa shape index (κ3) is 2.08. The van der Waals surface area contributed by atoms with Crippen LogP contribution < -0.4 is 16.0 Å². The van der Waals surface area contributed by atoms with Crippen molar-refractivity contribution in [1.82, 2.24) is 15.3 Å². The number of hydrogen-bond acceptors (Lipinski definition) is 6. The van der Waals surface area contributed by atoms with Gasteiger partial charge in [-0.2, -0.15) is 0 Å². The topological polar surface area (TPSA) is 101 Å². The van der Waals surface area contributed by atoms with E-state index in [2.05, 4.69) is 15.3 Å². The molecule has 1 aromatic heterocycles. The number of carbonyl (C=O) groups excluding carboxylic acids is 2. The fraction of sp³-hybridized carbons (Fsp3) is 0.400. The second-order valence-electron chi connectivity index (χ2n) is 3.86. The summed E-state index contributed by atoms with van der Waals surface area (Å²) in [6.07, 6.45) is 1.78. The molecule has 1 atom stereocenters. The molecule has 1 fully saturated rings. The van der Waals surface area contributed by atoms with Crippen LogP contribution in [0, 0.1) is 0 Å². The second-order valence-corrected chi connectivity index (χ2v) is 4.24. The standard InChI is InChI=1S/C10H12ClN5O2/c1-2-5-10(18)15-6(17)3-16(5)9-7(11)8(12)13-4-14-9/h4-5H,2-3H2,1H3,(H2,12,13,14)(H,15,17,18). The first-order valence-electron chi connectivity index (χ1n) is 5.41. The van der Waals surface area contributed by atoms with Crippen LogP contribution in [0.15, 0.2) is 6.33 Å². The van der Waals surface area contributed by atoms with E-state index in [1.165, 1.54) is 6.33 Å². The first kappa shape index (κ1) is 12.6. The van der Waals surface area contributed by atoms with Crippen molar-refractivity contribution in [2.24, 2.45) is 0 Å². The molecule has 18 heavy (non-hydrogen) atoms. The van der Waals surface area contributed by atoms with Crippen LogP contribution in [0.3, 0.4) is 0 Å². The average Bonchev–Trinajstić information content (AvgIpc) is 2.32. The molecule has 2 amide bonds. The van der Waals surface area contributed by atoms with Gasteiger partial charge in [0, 0.05) is 0 Å². The van der Waals surface area contributed by atoms with E-state index in [4.69, 9.17) is 17.3 Å². The molecule has 1 unspecified atom stereocenters. The Morgan fingerprint density at radius 2 is 2.28 bits per heavy atom. The number of carbonyl (C=O) groups is 2. The Kier molecular flexibility index (Phi) is 3.33. The van der Waals surface area contributed by atoms with Gasteiger partial charge < -0.3 is 10.6 Å². The number of amides is 2. The smallest absolute Gasteiger partial charge is 0.249 e. The Hall–Kier alpha value is -1.89. The minimum absolute atomic E-state index is 0.0143. The molecule has 7 nitrogen and oxygen atoms in total. The Bertz CT molecular complexity index is 507. The number of rotatable bonds is 2. The zero-order chi connectivity index (χ0) is 13.3. The number of nitrogen functional groups attached to an aromatic ring is 1. The van der Waals surface area contributed by atoms with E-state index in [1.54, 1.807) is 4.90 Å². The summed E-state index contributed by atoms with van der Waals surface area (Å²) in [5, 5.41) is 2.43. The third-order valence-corrected chi connectivity index (χ3v) is 3.07. The molecule has 2 rings (SSSR count). The molecule has 8 heteroatoms. The fourth-order valence-corrected chi connectivity index (χ4v) is 2.08. The predicted octanol–water partition coefficient (Wildman–Crippen LogP) is -0.0464. The lowest BCUT2D eigenvalue weighted by Crippen LogP contribution is -2.58. The van der Waals surface area contributed by atoms with E-state index >= 15 is 0 Å². The Morgan fingerprint density at radius 3 is 2.94 bits per heavy atom. The summed E-state index contributed by atoms with van der Waals surface area (Å²) in [5.74, 6) is -0.325. The third-order valence-electron chi connectivity index (χ3n) is 2.71. The fourth-order valence-electron chi connectivity index (χ4n) is 1.87. The lowest BCUT2D eigenvalue weighted by Gasteiger charge is -2.34. The highest BCUT2D eigenvalue weighted by atomic mass is 35.5. The minimum atomic E-state index is -0.491. The Labute approximate surface area is 108 Å². The van der Waals surface area contributed by atoms with Crippen molar-refractivity contribution in [3.05, 3.63) is 11.3 Å². The maximum absolute atomic E-state index is 11.7. The Balaban J connectivity index is 2.43. The van der Waals surface area contributed by atoms with Crippen LogP contribution in [-0.4, -0.2) is 34.4 Å². The number of hydrogen-bond donors (Lipinski definition) is 2. The van der Waals surface area contributed by atoms with E-state index in [9.17, 15) is 9.59 Å². The van der Waals surface area contributed by atoms with Gasteiger partial charge in [0.2, 0.25) is 11.8 Å². The van der Waals surface area contributed by atoms with Gasteiger partial charge in [-0.15, -0.1) is 0 Å². The van der Waals surface area contributed by atoms with E-state index in [0.29, 0.717) is 12.2 Å². The predicted molar refractivity (Wildman–Crippen MR) is 66.0 cm³/mol. The number of anilines is 2. The average molecular weight is 270 g/mol. The molecule has 1 aliphatic rings. The highest BCUT2D eigenvalue weighted by Crippen LogP contribution is 2.29. The molecule has 1 aliphatic heterocycles. The van der Waals surface area contributed by atoms with Gasteiger partial charge in [0.25, 0.3) is 0 Å². The lowest BCUT2D eigenvalue weighted by atomic mass is 10.1. The highest BCUT2D eigenvalue weighted by Gasteiger charge is 2.34. The number of nitrogens with two attached hydrogens (primary N) is 1. The largest absolute Gasteiger partial charge is 0.382 e. The van der Waals surface area contributed by atoms with Gasteiger partial charge in [0.05, 0.1) is 6.54 Å². The van der Waals surface area contributed by atoms with Gasteiger partial charge in [-0.05, 0) is 6.42 Å². The maximum Gasteiger partial charge on any atom is 0.249 e. The van der Waals surface area contributed by atoms with Gasteiger partial charge in [-0.25, -0.2) is 9.97 Å². The number of halogens is 1. The van der Waals surface area contributed by atoms with E-state index in [0.717, 1.165) is 0 Å². The summed E-state index contributed by atoms with van der Waals surface area (Å²) >= 11 is 6.01. The zero-order valence-corrected chi connectivity index (χ0v) is 10.4. The highest BCUT2D eigenvalue weighted by molar-refractivity contribution is 6.35. The summed E-state index contributed by atoms with van der Waals surface area (Å²) in [7, 11) is 0. The van der Waals surface area contributed by atoms with Crippen LogP contribution >= 0.6 is 11.6 Å². The summed E-state index contributed by atoms with van der Waals surface area (Å²) < 4.78 is 0. The molecular weight excluding hydrogens is 258 g/mol. The van der Waals surface area contributed by atoms with Crippen molar-refractivity contribution in [2.45, 2.75) is 19.4 Å². The van der Waals surface area contributed by atoms with Gasteiger partial charge >= 0.3 is 0 Å².